The zero-order chi connectivity index (χ0) is 23.3. The summed E-state index contributed by atoms with van der Waals surface area (Å²) in [5.41, 5.74) is 1.63. The molecule has 0 saturated carbocycles. The molecule has 0 bridgehead atoms. The molecule has 0 fully saturated rings. The molecular weight excluding hydrogens is 507 g/mol. The van der Waals surface area contributed by atoms with Crippen LogP contribution in [0.5, 0.6) is 0 Å². The van der Waals surface area contributed by atoms with Gasteiger partial charge in [0.15, 0.2) is 11.0 Å². The van der Waals surface area contributed by atoms with Crippen LogP contribution in [-0.4, -0.2) is 56.7 Å². The molecule has 0 aliphatic heterocycles. The Morgan fingerprint density at radius 1 is 1.03 bits per heavy atom. The van der Waals surface area contributed by atoms with Crippen LogP contribution in [0.4, 0.5) is 0 Å². The van der Waals surface area contributed by atoms with Crippen LogP contribution in [0, 0.1) is 0 Å². The van der Waals surface area contributed by atoms with Crippen molar-refractivity contribution in [1.82, 2.24) is 28.7 Å². The van der Waals surface area contributed by atoms with Gasteiger partial charge in [0.05, 0.1) is 0 Å². The third-order valence-corrected chi connectivity index (χ3v) is 5.61. The van der Waals surface area contributed by atoms with Crippen molar-refractivity contribution in [3.8, 4) is 11.4 Å². The first-order valence-electron chi connectivity index (χ1n) is 10.2. The van der Waals surface area contributed by atoms with Gasteiger partial charge in [0.2, 0.25) is 0 Å². The predicted octanol–water partition coefficient (Wildman–Crippen LogP) is 4.59. The second-order valence-corrected chi connectivity index (χ2v) is 7.80. The van der Waals surface area contributed by atoms with Crippen molar-refractivity contribution in [2.75, 3.05) is 12.0 Å². The van der Waals surface area contributed by atoms with Crippen LogP contribution >= 0.6 is 23.7 Å². The molecule has 3 heterocycles. The van der Waals surface area contributed by atoms with Crippen molar-refractivity contribution in [2.45, 2.75) is 37.8 Å². The van der Waals surface area contributed by atoms with Crippen LogP contribution in [-0.2, 0) is 6.54 Å². The Hall–Kier alpha value is -2.13. The maximum absolute atomic E-state index is 12.3. The van der Waals surface area contributed by atoms with E-state index in [-0.39, 0.29) is 5.56 Å². The topological polar surface area (TPSA) is 78.5 Å². The summed E-state index contributed by atoms with van der Waals surface area (Å²) in [6, 6.07) is 13.2. The average molecular weight is 535 g/mol. The van der Waals surface area contributed by atoms with Crippen molar-refractivity contribution in [2.24, 2.45) is 0 Å². The fourth-order valence-electron chi connectivity index (χ4n) is 2.78. The van der Waals surface area contributed by atoms with Crippen molar-refractivity contribution in [3.05, 3.63) is 65.3 Å². The number of hydrogen-bond acceptors (Lipinski definition) is 7. The molecule has 0 N–H and O–H groups in total. The summed E-state index contributed by atoms with van der Waals surface area (Å²) in [5.74, 6) is 3.39. The Morgan fingerprint density at radius 2 is 1.78 bits per heavy atom. The van der Waals surface area contributed by atoms with E-state index in [9.17, 15) is 4.79 Å². The minimum atomic E-state index is -0.0460. The Morgan fingerprint density at radius 3 is 2.50 bits per heavy atom. The summed E-state index contributed by atoms with van der Waals surface area (Å²) in [5, 5.41) is 6.03. The van der Waals surface area contributed by atoms with E-state index in [1.165, 1.54) is 11.8 Å². The minimum absolute atomic E-state index is 0.0460. The fourth-order valence-corrected chi connectivity index (χ4v) is 3.81. The van der Waals surface area contributed by atoms with Gasteiger partial charge in [0.1, 0.15) is 12.0 Å². The summed E-state index contributed by atoms with van der Waals surface area (Å²) >= 11 is 5.65. The van der Waals surface area contributed by atoms with Gasteiger partial charge in [-0.2, -0.15) is 4.09 Å². The van der Waals surface area contributed by atoms with Gasteiger partial charge in [-0.3, -0.25) is 9.36 Å². The molecule has 0 unspecified atom stereocenters. The van der Waals surface area contributed by atoms with Crippen LogP contribution in [0.25, 0.3) is 22.4 Å². The third kappa shape index (κ3) is 6.93. The van der Waals surface area contributed by atoms with Crippen LogP contribution in [0.15, 0.2) is 64.9 Å². The van der Waals surface area contributed by atoms with E-state index in [0.29, 0.717) is 23.2 Å². The molecule has 4 aromatic rings. The molecule has 7 nitrogen and oxygen atoms in total. The summed E-state index contributed by atoms with van der Waals surface area (Å²) in [6.45, 7) is 4.59. The SMILES string of the molecule is CC.CSc1ncc2ccc(=O)n(CCCSn3cnc(-c4ccccc4)n3)c2n1.C[Se]. The van der Waals surface area contributed by atoms with Crippen molar-refractivity contribution in [3.63, 3.8) is 0 Å². The second-order valence-electron chi connectivity index (χ2n) is 5.98. The Balaban J connectivity index is 0.000000860. The van der Waals surface area contributed by atoms with Gasteiger partial charge in [0, 0.05) is 35.5 Å². The van der Waals surface area contributed by atoms with Gasteiger partial charge in [-0.25, -0.2) is 15.0 Å². The molecule has 0 saturated heterocycles. The summed E-state index contributed by atoms with van der Waals surface area (Å²) in [7, 11) is 0. The molecule has 169 valence electrons. The van der Waals surface area contributed by atoms with Crippen molar-refractivity contribution >= 4 is 50.8 Å². The average Bonchev–Trinajstić information content (AvgIpc) is 3.34. The normalized spacial score (nSPS) is 10.2. The van der Waals surface area contributed by atoms with E-state index in [4.69, 9.17) is 0 Å². The Bertz CT molecular complexity index is 1150. The van der Waals surface area contributed by atoms with E-state index in [0.717, 1.165) is 23.1 Å². The molecule has 1 aromatic carbocycles. The zero-order valence-electron chi connectivity index (χ0n) is 18.6. The third-order valence-electron chi connectivity index (χ3n) is 4.14. The first-order valence-corrected chi connectivity index (χ1v) is 14.0. The van der Waals surface area contributed by atoms with Crippen LogP contribution < -0.4 is 5.56 Å². The molecule has 10 heteroatoms. The Labute approximate surface area is 205 Å². The molecule has 0 amide bonds. The van der Waals surface area contributed by atoms with E-state index >= 15 is 0 Å². The van der Waals surface area contributed by atoms with E-state index in [2.05, 4.69) is 36.1 Å². The summed E-state index contributed by atoms with van der Waals surface area (Å²) in [6.07, 6.45) is 6.21. The van der Waals surface area contributed by atoms with E-state index in [1.807, 2.05) is 56.3 Å². The number of aromatic nitrogens is 6. The van der Waals surface area contributed by atoms with Crippen LogP contribution in [0.2, 0.25) is 5.82 Å². The quantitative estimate of drug-likeness (QED) is 0.149. The zero-order valence-corrected chi connectivity index (χ0v) is 22.0. The predicted molar refractivity (Wildman–Crippen MR) is 136 cm³/mol. The Kier molecular flexibility index (Phi) is 11.5. The van der Waals surface area contributed by atoms with E-state index in [1.54, 1.807) is 45.3 Å². The molecule has 3 aromatic heterocycles. The molecule has 0 aliphatic carbocycles. The number of pyridine rings is 1. The first-order chi connectivity index (χ1) is 15.7. The van der Waals surface area contributed by atoms with Crippen LogP contribution in [0.1, 0.15) is 20.3 Å². The van der Waals surface area contributed by atoms with Gasteiger partial charge in [-0.05, 0) is 30.7 Å². The molecule has 4 rings (SSSR count). The number of aryl methyl sites for hydroxylation is 1. The maximum atomic E-state index is 12.3. The monoisotopic (exact) mass is 535 g/mol. The van der Waals surface area contributed by atoms with Gasteiger partial charge < -0.3 is 0 Å². The van der Waals surface area contributed by atoms with Gasteiger partial charge in [0.25, 0.3) is 5.56 Å². The molecular formula is C22H27N6OS2Se. The van der Waals surface area contributed by atoms with Gasteiger partial charge in [-0.1, -0.05) is 55.9 Å². The van der Waals surface area contributed by atoms with E-state index < -0.39 is 0 Å². The number of nitrogens with zero attached hydrogens (tertiary/aromatic N) is 6. The number of fused-ring (bicyclic) bond motifs is 1. The summed E-state index contributed by atoms with van der Waals surface area (Å²) < 4.78 is 3.48. The fraction of sp³-hybridized carbons (Fsp3) is 0.318. The summed E-state index contributed by atoms with van der Waals surface area (Å²) in [4.78, 5) is 25.5. The molecule has 32 heavy (non-hydrogen) atoms. The molecule has 0 spiro atoms. The molecule has 1 radical (unpaired) electrons. The first kappa shape index (κ1) is 26.1. The second kappa shape index (κ2) is 14.1. The standard InChI is InChI=1S/C19H18N6OS2.C2H6.CH3Se/c1-27-19-20-12-15-8-9-16(26)24(18(15)22-19)10-5-11-28-25-13-21-17(23-25)14-6-3-2-4-7-14;2*1-2/h2-4,6-9,12-13H,5,10-11H2,1H3;1-2H3;1H3. The van der Waals surface area contributed by atoms with Crippen molar-refractivity contribution in [1.29, 1.82) is 0 Å². The molecule has 0 aliphatic rings. The van der Waals surface area contributed by atoms with Gasteiger partial charge in [-0.15, -0.1) is 5.10 Å². The molecule has 0 atom stereocenters. The number of benzene rings is 1. The number of rotatable bonds is 7. The van der Waals surface area contributed by atoms with Gasteiger partial charge >= 0.3 is 21.8 Å². The van der Waals surface area contributed by atoms with Crippen molar-refractivity contribution < 1.29 is 0 Å². The number of thioether (sulfide) groups is 1. The van der Waals surface area contributed by atoms with Crippen LogP contribution in [0.3, 0.4) is 0 Å². The number of hydrogen-bond donors (Lipinski definition) is 0.